The Hall–Kier alpha value is -2.88. The first-order valence-electron chi connectivity index (χ1n) is 11.1. The van der Waals surface area contributed by atoms with Gasteiger partial charge in [0.05, 0.1) is 20.1 Å². The van der Waals surface area contributed by atoms with Gasteiger partial charge in [-0.1, -0.05) is 70.7 Å². The minimum absolute atomic E-state index is 0.0137. The van der Waals surface area contributed by atoms with Gasteiger partial charge >= 0.3 is 0 Å². The predicted octanol–water partition coefficient (Wildman–Crippen LogP) is 7.13. The second kappa shape index (κ2) is 11.9. The minimum atomic E-state index is -0.322. The Labute approximate surface area is 230 Å². The van der Waals surface area contributed by atoms with E-state index in [1.165, 1.54) is 6.08 Å². The average Bonchev–Trinajstić information content (AvgIpc) is 2.89. The summed E-state index contributed by atoms with van der Waals surface area (Å²) in [4.78, 5) is 16.9. The molecule has 184 valence electrons. The molecule has 5 nitrogen and oxygen atoms in total. The van der Waals surface area contributed by atoms with Crippen LogP contribution in [0.4, 0.5) is 5.69 Å². The molecule has 0 aliphatic carbocycles. The smallest absolute Gasteiger partial charge is 0.264 e. The molecular formula is C27H21Cl4N3O2. The zero-order chi connectivity index (χ0) is 25.7. The molecule has 1 aliphatic heterocycles. The van der Waals surface area contributed by atoms with Crippen molar-refractivity contribution >= 4 is 64.1 Å². The molecule has 0 saturated carbocycles. The SMILES string of the molecule is N#C/C(=C/c1cc(Cl)c(OCc2ccc(Cl)c(Cl)c2)c(Cl)c1)C(=O)N1CCN(c2ccccc2)CC1. The number of ether oxygens (including phenoxy) is 1. The molecule has 1 fully saturated rings. The molecule has 0 bridgehead atoms. The second-order valence-electron chi connectivity index (χ2n) is 8.14. The van der Waals surface area contributed by atoms with Crippen LogP contribution in [0, 0.1) is 11.3 Å². The highest BCUT2D eigenvalue weighted by molar-refractivity contribution is 6.42. The molecule has 3 aromatic carbocycles. The van der Waals surface area contributed by atoms with Crippen molar-refractivity contribution in [1.82, 2.24) is 4.90 Å². The molecule has 0 N–H and O–H groups in total. The van der Waals surface area contributed by atoms with Crippen LogP contribution in [0.5, 0.6) is 5.75 Å². The first-order chi connectivity index (χ1) is 17.4. The molecule has 1 saturated heterocycles. The van der Waals surface area contributed by atoms with Gasteiger partial charge in [-0.15, -0.1) is 0 Å². The second-order valence-corrected chi connectivity index (χ2v) is 9.76. The zero-order valence-corrected chi connectivity index (χ0v) is 22.1. The van der Waals surface area contributed by atoms with Crippen LogP contribution < -0.4 is 9.64 Å². The molecule has 1 aliphatic rings. The third-order valence-corrected chi connectivity index (χ3v) is 7.04. The number of carbonyl (C=O) groups excluding carboxylic acids is 1. The molecule has 0 atom stereocenters. The Bertz CT molecular complexity index is 1310. The van der Waals surface area contributed by atoms with E-state index in [2.05, 4.69) is 4.90 Å². The molecule has 4 rings (SSSR count). The third kappa shape index (κ3) is 6.27. The molecule has 3 aromatic rings. The van der Waals surface area contributed by atoms with Crippen LogP contribution in [0.15, 0.2) is 66.2 Å². The topological polar surface area (TPSA) is 56.6 Å². The monoisotopic (exact) mass is 559 g/mol. The van der Waals surface area contributed by atoms with Crippen molar-refractivity contribution in [2.45, 2.75) is 6.61 Å². The maximum absolute atomic E-state index is 13.0. The van der Waals surface area contributed by atoms with Gasteiger partial charge in [-0.3, -0.25) is 4.79 Å². The number of piperazine rings is 1. The summed E-state index contributed by atoms with van der Waals surface area (Å²) in [6.45, 7) is 2.61. The van der Waals surface area contributed by atoms with Crippen LogP contribution in [-0.2, 0) is 11.4 Å². The van der Waals surface area contributed by atoms with E-state index in [4.69, 9.17) is 51.1 Å². The van der Waals surface area contributed by atoms with Crippen LogP contribution >= 0.6 is 46.4 Å². The van der Waals surface area contributed by atoms with Crippen LogP contribution in [-0.4, -0.2) is 37.0 Å². The van der Waals surface area contributed by atoms with Gasteiger partial charge in [-0.05, 0) is 53.6 Å². The predicted molar refractivity (Wildman–Crippen MR) is 146 cm³/mol. The molecule has 36 heavy (non-hydrogen) atoms. The number of carbonyl (C=O) groups is 1. The van der Waals surface area contributed by atoms with Crippen LogP contribution in [0.2, 0.25) is 20.1 Å². The number of amides is 1. The van der Waals surface area contributed by atoms with Gasteiger partial charge in [0, 0.05) is 31.9 Å². The van der Waals surface area contributed by atoms with E-state index in [0.717, 1.165) is 11.3 Å². The number of anilines is 1. The summed E-state index contributed by atoms with van der Waals surface area (Å²) in [5, 5.41) is 11.1. The third-order valence-electron chi connectivity index (χ3n) is 5.74. The van der Waals surface area contributed by atoms with E-state index < -0.39 is 0 Å². The lowest BCUT2D eigenvalue weighted by molar-refractivity contribution is -0.126. The summed E-state index contributed by atoms with van der Waals surface area (Å²) in [7, 11) is 0. The molecular weight excluding hydrogens is 540 g/mol. The van der Waals surface area contributed by atoms with E-state index >= 15 is 0 Å². The molecule has 0 unspecified atom stereocenters. The van der Waals surface area contributed by atoms with Gasteiger partial charge in [-0.2, -0.15) is 5.26 Å². The van der Waals surface area contributed by atoms with Crippen molar-refractivity contribution in [2.24, 2.45) is 0 Å². The first kappa shape index (κ1) is 26.2. The Morgan fingerprint density at radius 3 is 2.17 bits per heavy atom. The van der Waals surface area contributed by atoms with Gasteiger partial charge in [-0.25, -0.2) is 0 Å². The number of benzene rings is 3. The Morgan fingerprint density at radius 1 is 0.889 bits per heavy atom. The quantitative estimate of drug-likeness (QED) is 0.237. The first-order valence-corrected chi connectivity index (χ1v) is 12.6. The fourth-order valence-electron chi connectivity index (χ4n) is 3.87. The number of hydrogen-bond donors (Lipinski definition) is 0. The van der Waals surface area contributed by atoms with E-state index in [1.807, 2.05) is 36.4 Å². The number of rotatable bonds is 6. The van der Waals surface area contributed by atoms with Gasteiger partial charge in [0.15, 0.2) is 5.75 Å². The van der Waals surface area contributed by atoms with E-state index in [9.17, 15) is 10.1 Å². The number of nitrogens with zero attached hydrogens (tertiary/aromatic N) is 3. The Kier molecular flexibility index (Phi) is 8.66. The molecule has 9 heteroatoms. The fraction of sp³-hybridized carbons (Fsp3) is 0.185. The highest BCUT2D eigenvalue weighted by Gasteiger charge is 2.24. The van der Waals surface area contributed by atoms with Crippen molar-refractivity contribution in [2.75, 3.05) is 31.1 Å². The highest BCUT2D eigenvalue weighted by Crippen LogP contribution is 2.36. The van der Waals surface area contributed by atoms with E-state index in [1.54, 1.807) is 35.2 Å². The van der Waals surface area contributed by atoms with E-state index in [-0.39, 0.29) is 28.1 Å². The van der Waals surface area contributed by atoms with Crippen LogP contribution in [0.1, 0.15) is 11.1 Å². The maximum Gasteiger partial charge on any atom is 0.264 e. The standard InChI is InChI=1S/C27H21Cl4N3O2/c28-22-7-6-18(13-23(22)29)17-36-26-24(30)14-19(15-25(26)31)12-20(16-32)27(35)34-10-8-33(9-11-34)21-4-2-1-3-5-21/h1-7,12-15H,8-11,17H2/b20-12-. The Morgan fingerprint density at radius 2 is 1.56 bits per heavy atom. The molecule has 1 amide bonds. The van der Waals surface area contributed by atoms with Gasteiger partial charge in [0.25, 0.3) is 5.91 Å². The summed E-state index contributed by atoms with van der Waals surface area (Å²) >= 11 is 24.8. The van der Waals surface area contributed by atoms with Crippen molar-refractivity contribution in [3.05, 3.63) is 97.5 Å². The minimum Gasteiger partial charge on any atom is -0.486 e. The maximum atomic E-state index is 13.0. The Balaban J connectivity index is 1.43. The summed E-state index contributed by atoms with van der Waals surface area (Å²) in [5.41, 5.74) is 2.45. The molecule has 0 radical (unpaired) electrons. The summed E-state index contributed by atoms with van der Waals surface area (Å²) in [6, 6.07) is 20.4. The van der Waals surface area contributed by atoms with Gasteiger partial charge in [0.1, 0.15) is 18.2 Å². The molecule has 0 aromatic heterocycles. The largest absolute Gasteiger partial charge is 0.486 e. The van der Waals surface area contributed by atoms with Crippen molar-refractivity contribution in [1.29, 1.82) is 5.26 Å². The lowest BCUT2D eigenvalue weighted by Crippen LogP contribution is -2.49. The normalized spacial score (nSPS) is 13.9. The van der Waals surface area contributed by atoms with Crippen LogP contribution in [0.25, 0.3) is 6.08 Å². The van der Waals surface area contributed by atoms with Crippen molar-refractivity contribution < 1.29 is 9.53 Å². The summed E-state index contributed by atoms with van der Waals surface area (Å²) in [5.74, 6) is -0.0270. The lowest BCUT2D eigenvalue weighted by Gasteiger charge is -2.36. The number of nitriles is 1. The summed E-state index contributed by atoms with van der Waals surface area (Å²) in [6.07, 6.45) is 1.49. The number of hydrogen-bond acceptors (Lipinski definition) is 4. The van der Waals surface area contributed by atoms with Crippen molar-refractivity contribution in [3.8, 4) is 11.8 Å². The zero-order valence-electron chi connectivity index (χ0n) is 19.1. The number of para-hydroxylation sites is 1. The molecule has 1 heterocycles. The lowest BCUT2D eigenvalue weighted by atomic mass is 10.1. The number of halogens is 4. The van der Waals surface area contributed by atoms with Crippen molar-refractivity contribution in [3.63, 3.8) is 0 Å². The van der Waals surface area contributed by atoms with E-state index in [0.29, 0.717) is 47.5 Å². The van der Waals surface area contributed by atoms with Gasteiger partial charge in [0.2, 0.25) is 0 Å². The van der Waals surface area contributed by atoms with Gasteiger partial charge < -0.3 is 14.5 Å². The molecule has 0 spiro atoms. The van der Waals surface area contributed by atoms with Crippen LogP contribution in [0.3, 0.4) is 0 Å². The fourth-order valence-corrected chi connectivity index (χ4v) is 4.80. The highest BCUT2D eigenvalue weighted by atomic mass is 35.5. The summed E-state index contributed by atoms with van der Waals surface area (Å²) < 4.78 is 5.79. The average molecular weight is 561 g/mol.